The second-order valence-electron chi connectivity index (χ2n) is 6.61. The molecule has 0 spiro atoms. The van der Waals surface area contributed by atoms with E-state index in [1.54, 1.807) is 12.4 Å². The lowest BCUT2D eigenvalue weighted by Gasteiger charge is -2.22. The minimum atomic E-state index is 0.177. The smallest absolute Gasteiger partial charge is 0.0753 e. The average Bonchev–Trinajstić information content (AvgIpc) is 2.47. The molecule has 0 saturated heterocycles. The van der Waals surface area contributed by atoms with Gasteiger partial charge >= 0.3 is 0 Å². The van der Waals surface area contributed by atoms with Gasteiger partial charge < -0.3 is 5.32 Å². The molecule has 3 nitrogen and oxygen atoms in total. The highest BCUT2D eigenvalue weighted by molar-refractivity contribution is 5.29. The summed E-state index contributed by atoms with van der Waals surface area (Å²) < 4.78 is 0. The molecule has 0 aliphatic heterocycles. The van der Waals surface area contributed by atoms with E-state index in [9.17, 15) is 0 Å². The summed E-state index contributed by atoms with van der Waals surface area (Å²) in [5.74, 6) is 0. The van der Waals surface area contributed by atoms with E-state index in [4.69, 9.17) is 0 Å². The number of rotatable bonds is 4. The van der Waals surface area contributed by atoms with Crippen LogP contribution in [0.1, 0.15) is 63.5 Å². The third-order valence-corrected chi connectivity index (χ3v) is 3.80. The minimum Gasteiger partial charge on any atom is -0.302 e. The van der Waals surface area contributed by atoms with Gasteiger partial charge in [0.15, 0.2) is 0 Å². The molecule has 1 N–H and O–H groups in total. The quantitative estimate of drug-likeness (QED) is 0.914. The Morgan fingerprint density at radius 2 is 1.62 bits per heavy atom. The molecule has 0 radical (unpaired) electrons. The van der Waals surface area contributed by atoms with Crippen LogP contribution in [0.2, 0.25) is 0 Å². The number of benzene rings is 1. The van der Waals surface area contributed by atoms with Gasteiger partial charge in [-0.15, -0.1) is 0 Å². The highest BCUT2D eigenvalue weighted by atomic mass is 15.0. The second-order valence-corrected chi connectivity index (χ2v) is 6.61. The molecule has 0 bridgehead atoms. The van der Waals surface area contributed by atoms with E-state index < -0.39 is 0 Å². The number of aromatic nitrogens is 2. The van der Waals surface area contributed by atoms with E-state index in [0.717, 1.165) is 5.69 Å². The fourth-order valence-electron chi connectivity index (χ4n) is 2.36. The lowest BCUT2D eigenvalue weighted by molar-refractivity contribution is 0.484. The molecule has 1 aromatic carbocycles. The average molecular weight is 283 g/mol. The molecule has 0 fully saturated rings. The number of hydrogen-bond acceptors (Lipinski definition) is 3. The Bertz CT molecular complexity index is 555. The summed E-state index contributed by atoms with van der Waals surface area (Å²) in [5.41, 5.74) is 3.82. The van der Waals surface area contributed by atoms with E-state index in [1.807, 2.05) is 6.20 Å². The third kappa shape index (κ3) is 4.11. The maximum absolute atomic E-state index is 4.35. The van der Waals surface area contributed by atoms with Gasteiger partial charge in [-0.3, -0.25) is 9.97 Å². The van der Waals surface area contributed by atoms with Gasteiger partial charge in [0.25, 0.3) is 0 Å². The minimum absolute atomic E-state index is 0.177. The van der Waals surface area contributed by atoms with Gasteiger partial charge in [-0.05, 0) is 30.4 Å². The van der Waals surface area contributed by atoms with Crippen LogP contribution in [0, 0.1) is 0 Å². The van der Waals surface area contributed by atoms with Gasteiger partial charge in [-0.2, -0.15) is 0 Å². The second kappa shape index (κ2) is 6.35. The normalized spacial score (nSPS) is 14.7. The Hall–Kier alpha value is -1.74. The zero-order valence-electron chi connectivity index (χ0n) is 13.6. The Morgan fingerprint density at radius 1 is 0.952 bits per heavy atom. The molecule has 0 aliphatic rings. The first-order valence-electron chi connectivity index (χ1n) is 7.50. The summed E-state index contributed by atoms with van der Waals surface area (Å²) in [6.45, 7) is 11.0. The van der Waals surface area contributed by atoms with Crippen LogP contribution in [0.25, 0.3) is 0 Å². The van der Waals surface area contributed by atoms with Crippen molar-refractivity contribution in [3.63, 3.8) is 0 Å². The van der Waals surface area contributed by atoms with Crippen molar-refractivity contribution in [3.05, 3.63) is 59.7 Å². The topological polar surface area (TPSA) is 37.8 Å². The molecule has 2 aromatic rings. The van der Waals surface area contributed by atoms with E-state index >= 15 is 0 Å². The summed E-state index contributed by atoms with van der Waals surface area (Å²) in [7, 11) is 0. The van der Waals surface area contributed by atoms with Crippen LogP contribution in [-0.4, -0.2) is 9.97 Å². The Kier molecular flexibility index (Phi) is 4.73. The van der Waals surface area contributed by atoms with Gasteiger partial charge in [0, 0.05) is 30.7 Å². The van der Waals surface area contributed by atoms with Crippen LogP contribution in [0.5, 0.6) is 0 Å². The van der Waals surface area contributed by atoms with Gasteiger partial charge in [0.2, 0.25) is 0 Å². The SMILES string of the molecule is CC(NC(C)c1cnccn1)c1ccc(C(C)(C)C)cc1. The summed E-state index contributed by atoms with van der Waals surface area (Å²) in [5, 5.41) is 3.57. The van der Waals surface area contributed by atoms with Crippen molar-refractivity contribution >= 4 is 0 Å². The predicted octanol–water partition coefficient (Wildman–Crippen LogP) is 4.19. The molecule has 0 saturated carbocycles. The van der Waals surface area contributed by atoms with Gasteiger partial charge in [0.1, 0.15) is 0 Å². The summed E-state index contributed by atoms with van der Waals surface area (Å²) >= 11 is 0. The fourth-order valence-corrected chi connectivity index (χ4v) is 2.36. The fraction of sp³-hybridized carbons (Fsp3) is 0.444. The van der Waals surface area contributed by atoms with E-state index in [-0.39, 0.29) is 17.5 Å². The van der Waals surface area contributed by atoms with Crippen molar-refractivity contribution < 1.29 is 0 Å². The first-order valence-corrected chi connectivity index (χ1v) is 7.50. The van der Waals surface area contributed by atoms with Crippen LogP contribution in [0.4, 0.5) is 0 Å². The van der Waals surface area contributed by atoms with Crippen molar-refractivity contribution in [1.29, 1.82) is 0 Å². The molecule has 21 heavy (non-hydrogen) atoms. The van der Waals surface area contributed by atoms with Crippen LogP contribution in [-0.2, 0) is 5.41 Å². The highest BCUT2D eigenvalue weighted by Gasteiger charge is 2.15. The summed E-state index contributed by atoms with van der Waals surface area (Å²) in [6, 6.07) is 9.32. The lowest BCUT2D eigenvalue weighted by atomic mass is 9.86. The molecule has 3 heteroatoms. The largest absolute Gasteiger partial charge is 0.302 e. The van der Waals surface area contributed by atoms with Gasteiger partial charge in [0.05, 0.1) is 5.69 Å². The van der Waals surface area contributed by atoms with Crippen molar-refractivity contribution in [3.8, 4) is 0 Å². The molecule has 0 amide bonds. The maximum Gasteiger partial charge on any atom is 0.0753 e. The predicted molar refractivity (Wildman–Crippen MR) is 87.1 cm³/mol. The monoisotopic (exact) mass is 283 g/mol. The van der Waals surface area contributed by atoms with Gasteiger partial charge in [-0.1, -0.05) is 45.0 Å². The Labute approximate surface area is 127 Å². The molecule has 2 unspecified atom stereocenters. The Balaban J connectivity index is 2.05. The molecule has 112 valence electrons. The van der Waals surface area contributed by atoms with E-state index in [1.165, 1.54) is 11.1 Å². The van der Waals surface area contributed by atoms with Crippen LogP contribution in [0.15, 0.2) is 42.9 Å². The molecule has 1 aromatic heterocycles. The zero-order valence-corrected chi connectivity index (χ0v) is 13.6. The number of hydrogen-bond donors (Lipinski definition) is 1. The number of nitrogens with zero attached hydrogens (tertiary/aromatic N) is 2. The zero-order chi connectivity index (χ0) is 15.5. The summed E-state index contributed by atoms with van der Waals surface area (Å²) in [4.78, 5) is 8.47. The van der Waals surface area contributed by atoms with Crippen molar-refractivity contribution in [2.24, 2.45) is 0 Å². The van der Waals surface area contributed by atoms with Crippen LogP contribution in [0.3, 0.4) is 0 Å². The molecular formula is C18H25N3. The summed E-state index contributed by atoms with van der Waals surface area (Å²) in [6.07, 6.45) is 5.24. The Morgan fingerprint density at radius 3 is 2.14 bits per heavy atom. The standard InChI is InChI=1S/C18H25N3/c1-13(21-14(2)17-12-19-10-11-20-17)15-6-8-16(9-7-15)18(3,4)5/h6-14,21H,1-5H3. The van der Waals surface area contributed by atoms with Crippen LogP contribution >= 0.6 is 0 Å². The van der Waals surface area contributed by atoms with E-state index in [0.29, 0.717) is 0 Å². The molecule has 1 heterocycles. The van der Waals surface area contributed by atoms with Crippen LogP contribution < -0.4 is 5.32 Å². The third-order valence-electron chi connectivity index (χ3n) is 3.80. The molecule has 0 aliphatic carbocycles. The van der Waals surface area contributed by atoms with E-state index in [2.05, 4.69) is 74.2 Å². The van der Waals surface area contributed by atoms with Gasteiger partial charge in [-0.25, -0.2) is 0 Å². The molecular weight excluding hydrogens is 258 g/mol. The first-order chi connectivity index (χ1) is 9.88. The molecule has 2 atom stereocenters. The first kappa shape index (κ1) is 15.6. The lowest BCUT2D eigenvalue weighted by Crippen LogP contribution is -2.23. The molecule has 2 rings (SSSR count). The maximum atomic E-state index is 4.35. The number of nitrogens with one attached hydrogen (secondary N) is 1. The van der Waals surface area contributed by atoms with Crippen molar-refractivity contribution in [1.82, 2.24) is 15.3 Å². The van der Waals surface area contributed by atoms with Crippen molar-refractivity contribution in [2.45, 2.75) is 52.1 Å². The van der Waals surface area contributed by atoms with Crippen molar-refractivity contribution in [2.75, 3.05) is 0 Å². The highest BCUT2D eigenvalue weighted by Crippen LogP contribution is 2.24.